The molecule has 2 rings (SSSR count). The number of hydrogen-bond donors (Lipinski definition) is 0. The van der Waals surface area contributed by atoms with Crippen molar-refractivity contribution in [3.63, 3.8) is 0 Å². The summed E-state index contributed by atoms with van der Waals surface area (Å²) in [6.45, 7) is 0.443. The lowest BCUT2D eigenvalue weighted by Gasteiger charge is -2.22. The second-order valence-corrected chi connectivity index (χ2v) is 4.91. The molecule has 0 atom stereocenters. The molecule has 0 aliphatic carbocycles. The lowest BCUT2D eigenvalue weighted by molar-refractivity contribution is 0.607. The predicted octanol–water partition coefficient (Wildman–Crippen LogP) is 4.50. The fraction of sp³-hybridized carbons (Fsp3) is 0.200. The van der Waals surface area contributed by atoms with Crippen LogP contribution in [0.3, 0.4) is 0 Å². The summed E-state index contributed by atoms with van der Waals surface area (Å²) in [5.41, 5.74) is 2.36. The molecular weight excluding hydrogens is 312 g/mol. The van der Waals surface area contributed by atoms with E-state index < -0.39 is 0 Å². The smallest absolute Gasteiger partial charge is 0.128 e. The summed E-state index contributed by atoms with van der Waals surface area (Å²) in [5, 5.41) is 0.557. The number of nitrogens with zero attached hydrogens (tertiary/aromatic N) is 1. The van der Waals surface area contributed by atoms with Crippen LogP contribution in [-0.4, -0.2) is 7.05 Å². The molecule has 0 amide bonds. The van der Waals surface area contributed by atoms with E-state index in [1.807, 2.05) is 18.0 Å². The molecule has 0 saturated carbocycles. The average Bonchev–Trinajstić information content (AvgIpc) is 2.41. The van der Waals surface area contributed by atoms with Crippen LogP contribution in [0.25, 0.3) is 0 Å². The molecule has 0 spiro atoms. The molecule has 1 nitrogen and oxygen atoms in total. The average molecular weight is 326 g/mol. The van der Waals surface area contributed by atoms with Crippen molar-refractivity contribution >= 4 is 21.6 Å². The van der Waals surface area contributed by atoms with E-state index in [1.165, 1.54) is 18.2 Å². The topological polar surface area (TPSA) is 3.24 Å². The van der Waals surface area contributed by atoms with Crippen LogP contribution in [0.4, 0.5) is 14.5 Å². The van der Waals surface area contributed by atoms with Gasteiger partial charge in [0.15, 0.2) is 0 Å². The number of alkyl halides is 1. The molecule has 0 aromatic heterocycles. The van der Waals surface area contributed by atoms with E-state index in [2.05, 4.69) is 15.9 Å². The Morgan fingerprint density at radius 2 is 1.79 bits per heavy atom. The monoisotopic (exact) mass is 325 g/mol. The van der Waals surface area contributed by atoms with Crippen molar-refractivity contribution in [2.24, 2.45) is 0 Å². The van der Waals surface area contributed by atoms with Crippen LogP contribution in [0.2, 0.25) is 0 Å². The fourth-order valence-corrected chi connectivity index (χ4v) is 2.45. The van der Waals surface area contributed by atoms with E-state index in [-0.39, 0.29) is 11.6 Å². The molecule has 4 heteroatoms. The van der Waals surface area contributed by atoms with Gasteiger partial charge >= 0.3 is 0 Å². The first-order chi connectivity index (χ1) is 9.11. The molecule has 2 aromatic carbocycles. The third-order valence-electron chi connectivity index (χ3n) is 2.96. The minimum Gasteiger partial charge on any atom is -0.370 e. The highest BCUT2D eigenvalue weighted by molar-refractivity contribution is 9.08. The van der Waals surface area contributed by atoms with Crippen molar-refractivity contribution in [1.29, 1.82) is 0 Å². The van der Waals surface area contributed by atoms with E-state index in [0.717, 1.165) is 11.3 Å². The van der Waals surface area contributed by atoms with Gasteiger partial charge in [-0.3, -0.25) is 0 Å². The molecule has 0 fully saturated rings. The highest BCUT2D eigenvalue weighted by atomic mass is 79.9. The normalized spacial score (nSPS) is 10.5. The molecule has 0 N–H and O–H groups in total. The first-order valence-corrected chi connectivity index (χ1v) is 7.03. The van der Waals surface area contributed by atoms with Crippen molar-refractivity contribution in [1.82, 2.24) is 0 Å². The van der Waals surface area contributed by atoms with Crippen molar-refractivity contribution in [2.45, 2.75) is 11.9 Å². The zero-order valence-corrected chi connectivity index (χ0v) is 12.1. The Hall–Kier alpha value is -1.42. The summed E-state index contributed by atoms with van der Waals surface area (Å²) < 4.78 is 26.8. The van der Waals surface area contributed by atoms with Crippen LogP contribution in [0.1, 0.15) is 11.1 Å². The molecule has 0 radical (unpaired) electrons. The molecule has 0 aliphatic heterocycles. The predicted molar refractivity (Wildman–Crippen MR) is 77.5 cm³/mol. The second-order valence-electron chi connectivity index (χ2n) is 4.35. The maximum Gasteiger partial charge on any atom is 0.128 e. The standard InChI is InChI=1S/C15H14BrF2N/c1-19(10-11-4-2-3-5-14(11)18)15-7-6-13(17)8-12(15)9-16/h2-8H,9-10H2,1H3. The Morgan fingerprint density at radius 1 is 1.05 bits per heavy atom. The molecule has 0 bridgehead atoms. The highest BCUT2D eigenvalue weighted by Gasteiger charge is 2.10. The van der Waals surface area contributed by atoms with Crippen molar-refractivity contribution in [3.8, 4) is 0 Å². The summed E-state index contributed by atoms with van der Waals surface area (Å²) in [7, 11) is 1.87. The molecule has 19 heavy (non-hydrogen) atoms. The summed E-state index contributed by atoms with van der Waals surface area (Å²) in [5.74, 6) is -0.491. The SMILES string of the molecule is CN(Cc1ccccc1F)c1ccc(F)cc1CBr. The zero-order chi connectivity index (χ0) is 13.8. The van der Waals surface area contributed by atoms with Gasteiger partial charge in [0.05, 0.1) is 0 Å². The first kappa shape index (κ1) is 14.0. The van der Waals surface area contributed by atoms with Crippen molar-refractivity contribution < 1.29 is 8.78 Å². The quantitative estimate of drug-likeness (QED) is 0.748. The Bertz CT molecular complexity index is 572. The Balaban J connectivity index is 2.25. The van der Waals surface area contributed by atoms with Gasteiger partial charge in [0.25, 0.3) is 0 Å². The summed E-state index contributed by atoms with van der Waals surface area (Å²) >= 11 is 3.34. The largest absolute Gasteiger partial charge is 0.370 e. The van der Waals surface area contributed by atoms with Crippen molar-refractivity contribution in [2.75, 3.05) is 11.9 Å². The molecule has 0 aliphatic rings. The van der Waals surface area contributed by atoms with E-state index in [4.69, 9.17) is 0 Å². The third-order valence-corrected chi connectivity index (χ3v) is 3.57. The molecule has 0 heterocycles. The first-order valence-electron chi connectivity index (χ1n) is 5.90. The van der Waals surface area contributed by atoms with Crippen LogP contribution in [-0.2, 0) is 11.9 Å². The van der Waals surface area contributed by atoms with Crippen LogP contribution in [0.5, 0.6) is 0 Å². The van der Waals surface area contributed by atoms with Gasteiger partial charge in [-0.2, -0.15) is 0 Å². The number of halogens is 3. The fourth-order valence-electron chi connectivity index (χ4n) is 2.00. The Kier molecular flexibility index (Phi) is 4.53. The summed E-state index contributed by atoms with van der Waals surface area (Å²) in [6.07, 6.45) is 0. The number of hydrogen-bond acceptors (Lipinski definition) is 1. The zero-order valence-electron chi connectivity index (χ0n) is 10.5. The van der Waals surface area contributed by atoms with Crippen LogP contribution in [0, 0.1) is 11.6 Å². The van der Waals surface area contributed by atoms with Crippen LogP contribution < -0.4 is 4.90 Å². The van der Waals surface area contributed by atoms with Crippen LogP contribution in [0.15, 0.2) is 42.5 Å². The van der Waals surface area contributed by atoms with Gasteiger partial charge in [0.1, 0.15) is 11.6 Å². The molecule has 0 unspecified atom stereocenters. The van der Waals surface area contributed by atoms with E-state index in [0.29, 0.717) is 17.4 Å². The van der Waals surface area contributed by atoms with Gasteiger partial charge in [-0.25, -0.2) is 8.78 Å². The maximum atomic E-state index is 13.6. The van der Waals surface area contributed by atoms with E-state index in [1.54, 1.807) is 18.2 Å². The second kappa shape index (κ2) is 6.15. The van der Waals surface area contributed by atoms with Gasteiger partial charge in [0, 0.05) is 30.2 Å². The Morgan fingerprint density at radius 3 is 2.47 bits per heavy atom. The maximum absolute atomic E-state index is 13.6. The van der Waals surface area contributed by atoms with Gasteiger partial charge < -0.3 is 4.90 Å². The van der Waals surface area contributed by atoms with E-state index in [9.17, 15) is 8.78 Å². The van der Waals surface area contributed by atoms with Crippen LogP contribution >= 0.6 is 15.9 Å². The lowest BCUT2D eigenvalue weighted by Crippen LogP contribution is -2.18. The molecular formula is C15H14BrF2N. The van der Waals surface area contributed by atoms with Gasteiger partial charge in [-0.05, 0) is 29.8 Å². The third kappa shape index (κ3) is 3.32. The molecule has 2 aromatic rings. The molecule has 0 saturated heterocycles. The lowest BCUT2D eigenvalue weighted by atomic mass is 10.1. The van der Waals surface area contributed by atoms with Crippen molar-refractivity contribution in [3.05, 3.63) is 65.2 Å². The number of benzene rings is 2. The van der Waals surface area contributed by atoms with Gasteiger partial charge in [-0.1, -0.05) is 34.1 Å². The molecule has 100 valence electrons. The van der Waals surface area contributed by atoms with Gasteiger partial charge in [-0.15, -0.1) is 0 Å². The van der Waals surface area contributed by atoms with E-state index >= 15 is 0 Å². The number of anilines is 1. The summed E-state index contributed by atoms with van der Waals surface area (Å²) in [4.78, 5) is 1.91. The highest BCUT2D eigenvalue weighted by Crippen LogP contribution is 2.24. The minimum absolute atomic E-state index is 0.225. The number of rotatable bonds is 4. The summed E-state index contributed by atoms with van der Waals surface area (Å²) in [6, 6.07) is 11.3. The van der Waals surface area contributed by atoms with Gasteiger partial charge in [0.2, 0.25) is 0 Å². The Labute approximate surface area is 120 Å². The minimum atomic E-state index is -0.266.